The van der Waals surface area contributed by atoms with Gasteiger partial charge in [0.15, 0.2) is 0 Å². The number of nitrogens with one attached hydrogen (secondary N) is 1. The Kier molecular flexibility index (Phi) is 1.56. The van der Waals surface area contributed by atoms with Crippen LogP contribution in [0.1, 0.15) is 25.0 Å². The molecule has 82 valence electrons. The van der Waals surface area contributed by atoms with E-state index in [4.69, 9.17) is 0 Å². The van der Waals surface area contributed by atoms with E-state index in [0.29, 0.717) is 5.54 Å². The lowest BCUT2D eigenvalue weighted by Crippen LogP contribution is -2.66. The molecule has 5 rings (SSSR count). The van der Waals surface area contributed by atoms with Gasteiger partial charge in [-0.05, 0) is 43.4 Å². The highest BCUT2D eigenvalue weighted by atomic mass is 15.2. The van der Waals surface area contributed by atoms with Gasteiger partial charge in [-0.1, -0.05) is 6.07 Å². The molecule has 0 radical (unpaired) electrons. The van der Waals surface area contributed by atoms with Gasteiger partial charge in [0.25, 0.3) is 0 Å². The molecular weight excluding hydrogens is 198 g/mol. The highest BCUT2D eigenvalue weighted by Crippen LogP contribution is 2.56. The number of hydrogen-bond donors (Lipinski definition) is 1. The Balaban J connectivity index is 1.53. The Labute approximate surface area is 94.5 Å². The first-order valence-corrected chi connectivity index (χ1v) is 6.01. The zero-order valence-electron chi connectivity index (χ0n) is 9.19. The molecule has 3 aliphatic rings. The summed E-state index contributed by atoms with van der Waals surface area (Å²) in [5.74, 6) is 1.04. The third-order valence-corrected chi connectivity index (χ3v) is 4.10. The maximum absolute atomic E-state index is 4.55. The third kappa shape index (κ3) is 1.15. The van der Waals surface area contributed by atoms with Gasteiger partial charge in [0, 0.05) is 18.3 Å². The number of aromatic nitrogens is 2. The van der Waals surface area contributed by atoms with E-state index in [1.54, 1.807) is 0 Å². The van der Waals surface area contributed by atoms with Crippen LogP contribution in [0.3, 0.4) is 0 Å². The van der Waals surface area contributed by atoms with E-state index in [1.165, 1.54) is 24.8 Å². The van der Waals surface area contributed by atoms with Crippen LogP contribution in [0.5, 0.6) is 0 Å². The maximum Gasteiger partial charge on any atom is 0.0773 e. The summed E-state index contributed by atoms with van der Waals surface area (Å²) in [6.07, 6.45) is 6.17. The average Bonchev–Trinajstić information content (AvgIpc) is 2.55. The van der Waals surface area contributed by atoms with Crippen LogP contribution in [0.2, 0.25) is 0 Å². The summed E-state index contributed by atoms with van der Waals surface area (Å²) in [7, 11) is 0. The van der Waals surface area contributed by atoms with Gasteiger partial charge in [0.05, 0.1) is 11.2 Å². The Hall–Kier alpha value is -1.35. The van der Waals surface area contributed by atoms with E-state index in [2.05, 4.69) is 28.6 Å². The Morgan fingerprint density at radius 3 is 2.94 bits per heavy atom. The molecule has 0 aliphatic heterocycles. The van der Waals surface area contributed by atoms with E-state index in [9.17, 15) is 0 Å². The van der Waals surface area contributed by atoms with Gasteiger partial charge >= 0.3 is 0 Å². The summed E-state index contributed by atoms with van der Waals surface area (Å²) < 4.78 is 1.94. The molecule has 3 aliphatic carbocycles. The molecule has 3 saturated carbocycles. The topological polar surface area (TPSA) is 29.3 Å². The second-order valence-electron chi connectivity index (χ2n) is 5.32. The normalized spacial score (nSPS) is 31.1. The predicted octanol–water partition coefficient (Wildman–Crippen LogP) is 1.98. The van der Waals surface area contributed by atoms with Gasteiger partial charge in [-0.3, -0.25) is 0 Å². The Morgan fingerprint density at radius 1 is 1.38 bits per heavy atom. The van der Waals surface area contributed by atoms with Gasteiger partial charge in [0.2, 0.25) is 0 Å². The Morgan fingerprint density at radius 2 is 2.25 bits per heavy atom. The quantitative estimate of drug-likeness (QED) is 0.844. The van der Waals surface area contributed by atoms with Gasteiger partial charge in [-0.2, -0.15) is 5.10 Å². The van der Waals surface area contributed by atoms with Gasteiger partial charge in [0.1, 0.15) is 0 Å². The molecule has 0 amide bonds. The fourth-order valence-electron chi connectivity index (χ4n) is 3.05. The number of nitrogens with zero attached hydrogens (tertiary/aromatic N) is 2. The van der Waals surface area contributed by atoms with E-state index >= 15 is 0 Å². The number of hydrogen-bond acceptors (Lipinski definition) is 2. The van der Waals surface area contributed by atoms with E-state index in [1.807, 2.05) is 16.8 Å². The van der Waals surface area contributed by atoms with Crippen molar-refractivity contribution in [3.05, 3.63) is 36.2 Å². The summed E-state index contributed by atoms with van der Waals surface area (Å²) in [4.78, 5) is 0. The second kappa shape index (κ2) is 2.86. The van der Waals surface area contributed by atoms with Crippen molar-refractivity contribution in [1.82, 2.24) is 14.9 Å². The molecule has 2 aromatic rings. The molecule has 16 heavy (non-hydrogen) atoms. The fourth-order valence-corrected chi connectivity index (χ4v) is 3.05. The monoisotopic (exact) mass is 213 g/mol. The Bertz CT molecular complexity index is 493. The van der Waals surface area contributed by atoms with Crippen molar-refractivity contribution in [2.75, 3.05) is 0 Å². The summed E-state index contributed by atoms with van der Waals surface area (Å²) in [6, 6.07) is 8.32. The van der Waals surface area contributed by atoms with Crippen LogP contribution in [0.25, 0.3) is 5.52 Å². The first-order valence-electron chi connectivity index (χ1n) is 6.01. The zero-order valence-corrected chi connectivity index (χ0v) is 9.19. The third-order valence-electron chi connectivity index (χ3n) is 4.10. The summed E-state index contributed by atoms with van der Waals surface area (Å²) >= 11 is 0. The summed E-state index contributed by atoms with van der Waals surface area (Å²) in [5.41, 5.74) is 2.83. The van der Waals surface area contributed by atoms with Crippen LogP contribution >= 0.6 is 0 Å². The van der Waals surface area contributed by atoms with Crippen molar-refractivity contribution < 1.29 is 0 Å². The van der Waals surface area contributed by atoms with Crippen molar-refractivity contribution in [2.45, 2.75) is 31.3 Å². The van der Waals surface area contributed by atoms with Gasteiger partial charge in [-0.25, -0.2) is 4.52 Å². The van der Waals surface area contributed by atoms with Crippen molar-refractivity contribution in [3.63, 3.8) is 0 Å². The first kappa shape index (κ1) is 8.76. The maximum atomic E-state index is 4.55. The predicted molar refractivity (Wildman–Crippen MR) is 62.1 cm³/mol. The molecule has 3 nitrogen and oxygen atoms in total. The molecule has 0 saturated heterocycles. The lowest BCUT2D eigenvalue weighted by atomic mass is 9.50. The molecule has 3 heteroatoms. The minimum atomic E-state index is 0.500. The minimum Gasteiger partial charge on any atom is -0.306 e. The second-order valence-corrected chi connectivity index (χ2v) is 5.32. The molecule has 2 bridgehead atoms. The average molecular weight is 213 g/mol. The molecular formula is C13H15N3. The van der Waals surface area contributed by atoms with E-state index in [0.717, 1.165) is 18.2 Å². The molecule has 0 aromatic carbocycles. The van der Waals surface area contributed by atoms with Crippen LogP contribution in [0.4, 0.5) is 0 Å². The van der Waals surface area contributed by atoms with Crippen LogP contribution in [-0.4, -0.2) is 15.2 Å². The number of pyridine rings is 1. The van der Waals surface area contributed by atoms with Gasteiger partial charge < -0.3 is 5.32 Å². The van der Waals surface area contributed by atoms with Crippen LogP contribution < -0.4 is 5.32 Å². The molecule has 2 heterocycles. The van der Waals surface area contributed by atoms with Gasteiger partial charge in [-0.15, -0.1) is 0 Å². The zero-order chi connectivity index (χ0) is 10.6. The number of fused-ring (bicyclic) bond motifs is 1. The lowest BCUT2D eigenvalue weighted by molar-refractivity contribution is -0.0522. The summed E-state index contributed by atoms with van der Waals surface area (Å²) in [5, 5.41) is 8.21. The molecule has 0 spiro atoms. The molecule has 2 aromatic heterocycles. The summed E-state index contributed by atoms with van der Waals surface area (Å²) in [6.45, 7) is 0.911. The minimum absolute atomic E-state index is 0.500. The highest BCUT2D eigenvalue weighted by Gasteiger charge is 2.55. The van der Waals surface area contributed by atoms with Crippen molar-refractivity contribution in [3.8, 4) is 0 Å². The molecule has 0 atom stereocenters. The highest BCUT2D eigenvalue weighted by molar-refractivity contribution is 5.46. The van der Waals surface area contributed by atoms with Crippen molar-refractivity contribution >= 4 is 5.52 Å². The standard InChI is InChI=1S/C13H15N3/c1-2-4-16-12(3-1)5-11(15-16)9-14-13-6-10(7-13)8-13/h1-5,10,14H,6-9H2. The van der Waals surface area contributed by atoms with E-state index in [-0.39, 0.29) is 0 Å². The van der Waals surface area contributed by atoms with Crippen LogP contribution in [0.15, 0.2) is 30.5 Å². The molecule has 3 fully saturated rings. The molecule has 0 unspecified atom stereocenters. The lowest BCUT2D eigenvalue weighted by Gasteiger charge is -2.62. The van der Waals surface area contributed by atoms with Crippen molar-refractivity contribution in [1.29, 1.82) is 0 Å². The number of rotatable bonds is 3. The van der Waals surface area contributed by atoms with E-state index < -0.39 is 0 Å². The van der Waals surface area contributed by atoms with Crippen LogP contribution in [-0.2, 0) is 6.54 Å². The largest absolute Gasteiger partial charge is 0.306 e. The first-order chi connectivity index (χ1) is 7.83. The SMILES string of the molecule is c1ccn2nc(CNC34CC(C3)C4)cc2c1. The van der Waals surface area contributed by atoms with Crippen LogP contribution in [0, 0.1) is 5.92 Å². The molecule has 1 N–H and O–H groups in total. The fraction of sp³-hybridized carbons (Fsp3) is 0.462. The van der Waals surface area contributed by atoms with Crippen molar-refractivity contribution in [2.24, 2.45) is 5.92 Å². The smallest absolute Gasteiger partial charge is 0.0773 e.